The van der Waals surface area contributed by atoms with Gasteiger partial charge in [-0.25, -0.2) is 0 Å². The number of carbonyl (C=O) groups is 2. The fraction of sp³-hybridized carbons (Fsp3) is 0.375. The van der Waals surface area contributed by atoms with Crippen molar-refractivity contribution in [3.8, 4) is 0 Å². The van der Waals surface area contributed by atoms with Crippen molar-refractivity contribution in [2.75, 3.05) is 0 Å². The molecule has 0 spiro atoms. The maximum Gasteiger partial charge on any atom is 0.325 e. The molecule has 108 valence electrons. The highest BCUT2D eigenvalue weighted by atomic mass is 16.4. The molecule has 0 aliphatic rings. The highest BCUT2D eigenvalue weighted by Gasteiger charge is 2.13. The Kier molecular flexibility index (Phi) is 5.08. The predicted octanol–water partition coefficient (Wildman–Crippen LogP) is 2.59. The van der Waals surface area contributed by atoms with Crippen LogP contribution < -0.4 is 5.32 Å². The normalized spacial score (nSPS) is 13.2. The summed E-state index contributed by atoms with van der Waals surface area (Å²) in [4.78, 5) is 22.1. The number of nitrogens with one attached hydrogen (secondary N) is 1. The second-order valence-corrected chi connectivity index (χ2v) is 5.77. The van der Waals surface area contributed by atoms with Crippen LogP contribution in [0.5, 0.6) is 0 Å². The van der Waals surface area contributed by atoms with Crippen LogP contribution in [-0.4, -0.2) is 23.0 Å². The number of hydrogen-bond acceptors (Lipinski definition) is 2. The lowest BCUT2D eigenvalue weighted by Gasteiger charge is -2.18. The van der Waals surface area contributed by atoms with Crippen molar-refractivity contribution >= 4 is 18.0 Å². The summed E-state index contributed by atoms with van der Waals surface area (Å²) < 4.78 is 0. The number of rotatable bonds is 4. The molecule has 1 rings (SSSR count). The predicted molar refractivity (Wildman–Crippen MR) is 79.4 cm³/mol. The highest BCUT2D eigenvalue weighted by Crippen LogP contribution is 2.22. The zero-order valence-corrected chi connectivity index (χ0v) is 12.3. The van der Waals surface area contributed by atoms with Crippen LogP contribution in [0.25, 0.3) is 6.08 Å². The molecule has 0 radical (unpaired) electrons. The Bertz CT molecular complexity index is 510. The van der Waals surface area contributed by atoms with Gasteiger partial charge in [0.1, 0.15) is 6.04 Å². The van der Waals surface area contributed by atoms with Crippen molar-refractivity contribution in [3.05, 3.63) is 41.5 Å². The third-order valence-electron chi connectivity index (χ3n) is 2.93. The van der Waals surface area contributed by atoms with E-state index in [1.807, 2.05) is 24.3 Å². The van der Waals surface area contributed by atoms with Gasteiger partial charge in [0.25, 0.3) is 0 Å². The zero-order chi connectivity index (χ0) is 15.3. The second kappa shape index (κ2) is 6.37. The summed E-state index contributed by atoms with van der Waals surface area (Å²) in [5.41, 5.74) is 2.21. The summed E-state index contributed by atoms with van der Waals surface area (Å²) in [5, 5.41) is 11.0. The first kappa shape index (κ1) is 16.0. The number of benzene rings is 1. The molecule has 0 fully saturated rings. The van der Waals surface area contributed by atoms with E-state index >= 15 is 0 Å². The van der Waals surface area contributed by atoms with Gasteiger partial charge in [-0.3, -0.25) is 9.59 Å². The molecule has 1 aromatic rings. The summed E-state index contributed by atoms with van der Waals surface area (Å²) >= 11 is 0. The van der Waals surface area contributed by atoms with E-state index in [1.165, 1.54) is 18.6 Å². The Morgan fingerprint density at radius 2 is 1.75 bits per heavy atom. The first-order valence-corrected chi connectivity index (χ1v) is 6.52. The quantitative estimate of drug-likeness (QED) is 0.830. The van der Waals surface area contributed by atoms with Gasteiger partial charge in [0, 0.05) is 6.08 Å². The molecular weight excluding hydrogens is 254 g/mol. The first-order valence-electron chi connectivity index (χ1n) is 6.52. The lowest BCUT2D eigenvalue weighted by Crippen LogP contribution is -2.37. The van der Waals surface area contributed by atoms with Crippen molar-refractivity contribution in [1.29, 1.82) is 0 Å². The Morgan fingerprint density at radius 3 is 2.20 bits per heavy atom. The standard InChI is InChI=1S/C16H21NO3/c1-11(15(19)20)17-14(18)10-7-12-5-8-13(9-6-12)16(2,3)4/h5-11H,1-4H3,(H,17,18)(H,19,20)/b10-7+/t11-/m0/s1. The fourth-order valence-corrected chi connectivity index (χ4v) is 1.59. The first-order chi connectivity index (χ1) is 9.20. The van der Waals surface area contributed by atoms with Gasteiger partial charge in [-0.15, -0.1) is 0 Å². The van der Waals surface area contributed by atoms with Crippen molar-refractivity contribution in [2.45, 2.75) is 39.2 Å². The smallest absolute Gasteiger partial charge is 0.325 e. The molecule has 1 amide bonds. The molecule has 0 aliphatic carbocycles. The van der Waals surface area contributed by atoms with Gasteiger partial charge in [-0.2, -0.15) is 0 Å². The summed E-state index contributed by atoms with van der Waals surface area (Å²) in [6, 6.07) is 7.03. The van der Waals surface area contributed by atoms with E-state index in [1.54, 1.807) is 6.08 Å². The van der Waals surface area contributed by atoms with Crippen LogP contribution in [0.1, 0.15) is 38.8 Å². The number of carbonyl (C=O) groups excluding carboxylic acids is 1. The minimum Gasteiger partial charge on any atom is -0.480 e. The maximum atomic E-state index is 11.5. The van der Waals surface area contributed by atoms with E-state index in [2.05, 4.69) is 26.1 Å². The van der Waals surface area contributed by atoms with E-state index in [9.17, 15) is 9.59 Å². The monoisotopic (exact) mass is 275 g/mol. The molecule has 0 aliphatic heterocycles. The van der Waals surface area contributed by atoms with Crippen molar-refractivity contribution in [3.63, 3.8) is 0 Å². The molecule has 1 atom stereocenters. The van der Waals surface area contributed by atoms with Crippen LogP contribution in [0.4, 0.5) is 0 Å². The molecule has 2 N–H and O–H groups in total. The number of hydrogen-bond donors (Lipinski definition) is 2. The molecule has 0 bridgehead atoms. The van der Waals surface area contributed by atoms with Gasteiger partial charge >= 0.3 is 5.97 Å². The van der Waals surface area contributed by atoms with Crippen LogP contribution in [0.15, 0.2) is 30.3 Å². The van der Waals surface area contributed by atoms with Gasteiger partial charge in [0.2, 0.25) is 5.91 Å². The average molecular weight is 275 g/mol. The van der Waals surface area contributed by atoms with E-state index in [0.717, 1.165) is 5.56 Å². The number of aliphatic carboxylic acids is 1. The van der Waals surface area contributed by atoms with Crippen LogP contribution in [-0.2, 0) is 15.0 Å². The fourth-order valence-electron chi connectivity index (χ4n) is 1.59. The third kappa shape index (κ3) is 4.88. The van der Waals surface area contributed by atoms with Crippen LogP contribution in [0.2, 0.25) is 0 Å². The molecule has 0 saturated carbocycles. The second-order valence-electron chi connectivity index (χ2n) is 5.77. The maximum absolute atomic E-state index is 11.5. The van der Waals surface area contributed by atoms with Gasteiger partial charge in [-0.05, 0) is 29.5 Å². The van der Waals surface area contributed by atoms with Crippen molar-refractivity contribution in [1.82, 2.24) is 5.32 Å². The van der Waals surface area contributed by atoms with Gasteiger partial charge in [-0.1, -0.05) is 45.0 Å². The number of amides is 1. The molecule has 0 unspecified atom stereocenters. The highest BCUT2D eigenvalue weighted by molar-refractivity contribution is 5.94. The largest absolute Gasteiger partial charge is 0.480 e. The van der Waals surface area contributed by atoms with Crippen LogP contribution >= 0.6 is 0 Å². The lowest BCUT2D eigenvalue weighted by atomic mass is 9.87. The molecule has 0 heterocycles. The molecule has 4 nitrogen and oxygen atoms in total. The van der Waals surface area contributed by atoms with Gasteiger partial charge < -0.3 is 10.4 Å². The minimum absolute atomic E-state index is 0.0938. The third-order valence-corrected chi connectivity index (χ3v) is 2.93. The van der Waals surface area contributed by atoms with Crippen LogP contribution in [0, 0.1) is 0 Å². The molecule has 1 aromatic carbocycles. The van der Waals surface area contributed by atoms with Crippen LogP contribution in [0.3, 0.4) is 0 Å². The van der Waals surface area contributed by atoms with E-state index in [-0.39, 0.29) is 5.41 Å². The van der Waals surface area contributed by atoms with Gasteiger partial charge in [0.15, 0.2) is 0 Å². The Morgan fingerprint density at radius 1 is 1.20 bits per heavy atom. The summed E-state index contributed by atoms with van der Waals surface area (Å²) in [5.74, 6) is -1.47. The van der Waals surface area contributed by atoms with E-state index < -0.39 is 17.9 Å². The minimum atomic E-state index is -1.05. The van der Waals surface area contributed by atoms with E-state index in [4.69, 9.17) is 5.11 Å². The number of carboxylic acids is 1. The molecule has 20 heavy (non-hydrogen) atoms. The Hall–Kier alpha value is -2.10. The summed E-state index contributed by atoms with van der Waals surface area (Å²) in [6.45, 7) is 7.84. The molecular formula is C16H21NO3. The summed E-state index contributed by atoms with van der Waals surface area (Å²) in [7, 11) is 0. The van der Waals surface area contributed by atoms with Crippen molar-refractivity contribution in [2.24, 2.45) is 0 Å². The Labute approximate surface area is 119 Å². The average Bonchev–Trinajstić information content (AvgIpc) is 2.35. The van der Waals surface area contributed by atoms with Gasteiger partial charge in [0.05, 0.1) is 0 Å². The number of carboxylic acid groups (broad SMARTS) is 1. The molecule has 4 heteroatoms. The topological polar surface area (TPSA) is 66.4 Å². The molecule has 0 aromatic heterocycles. The van der Waals surface area contributed by atoms with E-state index in [0.29, 0.717) is 0 Å². The SMILES string of the molecule is C[C@H](NC(=O)/C=C/c1ccc(C(C)(C)C)cc1)C(=O)O. The van der Waals surface area contributed by atoms with Crippen molar-refractivity contribution < 1.29 is 14.7 Å². The summed E-state index contributed by atoms with van der Waals surface area (Å²) in [6.07, 6.45) is 3.00. The lowest BCUT2D eigenvalue weighted by molar-refractivity contribution is -0.140. The molecule has 0 saturated heterocycles. The zero-order valence-electron chi connectivity index (χ0n) is 12.3. The Balaban J connectivity index is 2.67.